The first-order chi connectivity index (χ1) is 15.8. The van der Waals surface area contributed by atoms with Gasteiger partial charge in [0.05, 0.1) is 36.1 Å². The molecule has 1 heterocycles. The van der Waals surface area contributed by atoms with Crippen LogP contribution in [-0.4, -0.2) is 41.2 Å². The second-order valence-electron chi connectivity index (χ2n) is 6.61. The van der Waals surface area contributed by atoms with Crippen molar-refractivity contribution < 1.29 is 19.4 Å². The lowest BCUT2D eigenvalue weighted by Gasteiger charge is -2.17. The van der Waals surface area contributed by atoms with Crippen molar-refractivity contribution in [3.8, 4) is 5.75 Å². The van der Waals surface area contributed by atoms with Crippen LogP contribution in [0, 0.1) is 0 Å². The van der Waals surface area contributed by atoms with E-state index < -0.39 is 6.09 Å². The maximum Gasteiger partial charge on any atom is 0.411 e. The highest BCUT2D eigenvalue weighted by molar-refractivity contribution is 6.33. The van der Waals surface area contributed by atoms with Gasteiger partial charge in [-0.25, -0.2) is 9.78 Å². The van der Waals surface area contributed by atoms with E-state index in [2.05, 4.69) is 32.5 Å². The Morgan fingerprint density at radius 2 is 1.88 bits per heavy atom. The molecule has 2 aromatic carbocycles. The van der Waals surface area contributed by atoms with E-state index in [-0.39, 0.29) is 16.9 Å². The predicted octanol–water partition coefficient (Wildman–Crippen LogP) is 4.86. The lowest BCUT2D eigenvalue weighted by atomic mass is 10.2. The molecule has 0 spiro atoms. The zero-order valence-electron chi connectivity index (χ0n) is 17.8. The van der Waals surface area contributed by atoms with E-state index in [9.17, 15) is 9.59 Å². The summed E-state index contributed by atoms with van der Waals surface area (Å²) in [5.41, 5.74) is 2.04. The van der Waals surface area contributed by atoms with E-state index in [1.807, 2.05) is 0 Å². The molecule has 4 N–H and O–H groups in total. The van der Waals surface area contributed by atoms with Crippen LogP contribution in [0.4, 0.5) is 39.3 Å². The van der Waals surface area contributed by atoms with Gasteiger partial charge < -0.3 is 25.8 Å². The van der Waals surface area contributed by atoms with Crippen molar-refractivity contribution >= 4 is 58.1 Å². The first kappa shape index (κ1) is 23.4. The van der Waals surface area contributed by atoms with Crippen molar-refractivity contribution in [2.24, 2.45) is 0 Å². The molecule has 2 amide bonds. The summed E-state index contributed by atoms with van der Waals surface area (Å²) in [7, 11) is 2.90. The number of para-hydroxylation sites is 2. The average Bonchev–Trinajstić information content (AvgIpc) is 2.82. The molecule has 0 bridgehead atoms. The summed E-state index contributed by atoms with van der Waals surface area (Å²) >= 11 is 6.27. The molecule has 10 nitrogen and oxygen atoms in total. The highest BCUT2D eigenvalue weighted by Crippen LogP contribution is 2.33. The zero-order valence-corrected chi connectivity index (χ0v) is 18.6. The van der Waals surface area contributed by atoms with Crippen molar-refractivity contribution in [3.05, 3.63) is 66.3 Å². The number of methoxy groups -OCH3 is 1. The molecule has 0 saturated carbocycles. The van der Waals surface area contributed by atoms with Crippen LogP contribution in [0.1, 0.15) is 0 Å². The number of nitrogens with one attached hydrogen (secondary N) is 3. The minimum absolute atomic E-state index is 0.215. The Morgan fingerprint density at radius 1 is 1.15 bits per heavy atom. The minimum Gasteiger partial charge on any atom is -0.494 e. The topological polar surface area (TPSA) is 129 Å². The molecule has 170 valence electrons. The number of aromatic nitrogens is 2. The second kappa shape index (κ2) is 10.3. The minimum atomic E-state index is -1.10. The number of rotatable bonds is 8. The van der Waals surface area contributed by atoms with Gasteiger partial charge in [0.25, 0.3) is 0 Å². The van der Waals surface area contributed by atoms with Crippen molar-refractivity contribution in [3.63, 3.8) is 0 Å². The summed E-state index contributed by atoms with van der Waals surface area (Å²) in [6.45, 7) is 3.45. The summed E-state index contributed by atoms with van der Waals surface area (Å²) < 4.78 is 5.37. The van der Waals surface area contributed by atoms with Crippen LogP contribution in [0.2, 0.25) is 5.02 Å². The van der Waals surface area contributed by atoms with Gasteiger partial charge in [0.15, 0.2) is 5.82 Å². The molecule has 11 heteroatoms. The first-order valence-electron chi connectivity index (χ1n) is 9.56. The third-order valence-corrected chi connectivity index (χ3v) is 4.75. The largest absolute Gasteiger partial charge is 0.494 e. The molecule has 0 aliphatic rings. The third kappa shape index (κ3) is 5.69. The molecule has 3 rings (SSSR count). The number of hydrogen-bond acceptors (Lipinski definition) is 7. The van der Waals surface area contributed by atoms with Crippen LogP contribution in [-0.2, 0) is 4.79 Å². The van der Waals surface area contributed by atoms with Gasteiger partial charge in [-0.2, -0.15) is 4.98 Å². The number of hydrogen-bond donors (Lipinski definition) is 4. The van der Waals surface area contributed by atoms with Crippen LogP contribution in [0.5, 0.6) is 5.75 Å². The van der Waals surface area contributed by atoms with E-state index in [4.69, 9.17) is 21.4 Å². The lowest BCUT2D eigenvalue weighted by molar-refractivity contribution is -0.111. The summed E-state index contributed by atoms with van der Waals surface area (Å²) in [5.74, 6) is 0.554. The molecule has 0 atom stereocenters. The summed E-state index contributed by atoms with van der Waals surface area (Å²) in [4.78, 5) is 32.6. The lowest BCUT2D eigenvalue weighted by Crippen LogP contribution is -2.23. The standard InChI is InChI=1S/C22H21ClN6O4/c1-4-19(30)25-15-7-5-6-8-16(15)26-20-14(23)12-24-21(28-20)27-17-10-9-13(11-18(17)33-3)29(2)22(31)32/h4-12H,1H2,2-3H3,(H,25,30)(H,31,32)(H2,24,26,27,28). The number of carbonyl (C=O) groups excluding carboxylic acids is 1. The van der Waals surface area contributed by atoms with Crippen molar-refractivity contribution in [1.29, 1.82) is 0 Å². The van der Waals surface area contributed by atoms with Gasteiger partial charge in [0.1, 0.15) is 10.8 Å². The van der Waals surface area contributed by atoms with Crippen LogP contribution >= 0.6 is 11.6 Å². The Labute approximate surface area is 194 Å². The number of carbonyl (C=O) groups is 2. The molecular weight excluding hydrogens is 448 g/mol. The van der Waals surface area contributed by atoms with Crippen LogP contribution in [0.15, 0.2) is 61.3 Å². The molecular formula is C22H21ClN6O4. The van der Waals surface area contributed by atoms with E-state index in [1.54, 1.807) is 42.5 Å². The summed E-state index contributed by atoms with van der Waals surface area (Å²) in [6.07, 6.45) is 1.49. The maximum absolute atomic E-state index is 11.7. The zero-order chi connectivity index (χ0) is 24.0. The van der Waals surface area contributed by atoms with Crippen molar-refractivity contribution in [2.45, 2.75) is 0 Å². The molecule has 0 aliphatic carbocycles. The number of carboxylic acid groups (broad SMARTS) is 1. The van der Waals surface area contributed by atoms with Crippen molar-refractivity contribution in [1.82, 2.24) is 9.97 Å². The van der Waals surface area contributed by atoms with Gasteiger partial charge >= 0.3 is 6.09 Å². The SMILES string of the molecule is C=CC(=O)Nc1ccccc1Nc1nc(Nc2ccc(N(C)C(=O)O)cc2OC)ncc1Cl. The van der Waals surface area contributed by atoms with E-state index in [0.29, 0.717) is 34.3 Å². The van der Waals surface area contributed by atoms with Gasteiger partial charge in [-0.3, -0.25) is 9.69 Å². The molecule has 1 aromatic heterocycles. The first-order valence-corrected chi connectivity index (χ1v) is 9.94. The molecule has 0 radical (unpaired) electrons. The Hall–Kier alpha value is -4.31. The van der Waals surface area contributed by atoms with Gasteiger partial charge in [-0.15, -0.1) is 0 Å². The monoisotopic (exact) mass is 468 g/mol. The number of amides is 2. The maximum atomic E-state index is 11.7. The molecule has 0 saturated heterocycles. The fourth-order valence-corrected chi connectivity index (χ4v) is 2.89. The number of nitrogens with zero attached hydrogens (tertiary/aromatic N) is 3. The van der Waals surface area contributed by atoms with E-state index in [1.165, 1.54) is 26.4 Å². The van der Waals surface area contributed by atoms with Crippen molar-refractivity contribution in [2.75, 3.05) is 35.0 Å². The predicted molar refractivity (Wildman–Crippen MR) is 128 cm³/mol. The average molecular weight is 469 g/mol. The molecule has 0 fully saturated rings. The Balaban J connectivity index is 1.87. The smallest absolute Gasteiger partial charge is 0.411 e. The Bertz CT molecular complexity index is 1200. The molecule has 33 heavy (non-hydrogen) atoms. The fourth-order valence-electron chi connectivity index (χ4n) is 2.75. The number of ether oxygens (including phenoxy) is 1. The molecule has 3 aromatic rings. The van der Waals surface area contributed by atoms with Gasteiger partial charge in [-0.1, -0.05) is 30.3 Å². The second-order valence-corrected chi connectivity index (χ2v) is 7.01. The highest BCUT2D eigenvalue weighted by Gasteiger charge is 2.14. The third-order valence-electron chi connectivity index (χ3n) is 4.47. The van der Waals surface area contributed by atoms with E-state index in [0.717, 1.165) is 4.90 Å². The number of anilines is 6. The summed E-state index contributed by atoms with van der Waals surface area (Å²) in [5, 5.41) is 18.3. The van der Waals surface area contributed by atoms with Gasteiger partial charge in [-0.05, 0) is 30.3 Å². The number of benzene rings is 2. The fraction of sp³-hybridized carbons (Fsp3) is 0.0909. The molecule has 0 unspecified atom stereocenters. The highest BCUT2D eigenvalue weighted by atomic mass is 35.5. The van der Waals surface area contributed by atoms with E-state index >= 15 is 0 Å². The van der Waals surface area contributed by atoms with Gasteiger partial charge in [0, 0.05) is 13.1 Å². The van der Waals surface area contributed by atoms with Crippen LogP contribution in [0.25, 0.3) is 0 Å². The summed E-state index contributed by atoms with van der Waals surface area (Å²) in [6, 6.07) is 11.9. The number of halogens is 1. The Morgan fingerprint density at radius 3 is 2.55 bits per heavy atom. The molecule has 0 aliphatic heterocycles. The van der Waals surface area contributed by atoms with Crippen LogP contribution in [0.3, 0.4) is 0 Å². The van der Waals surface area contributed by atoms with Gasteiger partial charge in [0.2, 0.25) is 11.9 Å². The Kier molecular flexibility index (Phi) is 7.31. The quantitative estimate of drug-likeness (QED) is 0.345. The normalized spacial score (nSPS) is 10.2. The van der Waals surface area contributed by atoms with Crippen LogP contribution < -0.4 is 25.6 Å².